The maximum atomic E-state index is 13.5. The summed E-state index contributed by atoms with van der Waals surface area (Å²) >= 11 is 0. The van der Waals surface area contributed by atoms with E-state index < -0.39 is 16.7 Å². The Balaban J connectivity index is 2.31. The van der Waals surface area contributed by atoms with Gasteiger partial charge in [-0.1, -0.05) is 0 Å². The van der Waals surface area contributed by atoms with Crippen LogP contribution in [-0.4, -0.2) is 28.6 Å². The molecule has 0 saturated carbocycles. The molecule has 108 valence electrons. The number of anilines is 1. The van der Waals surface area contributed by atoms with E-state index in [0.29, 0.717) is 18.7 Å². The van der Waals surface area contributed by atoms with Gasteiger partial charge < -0.3 is 10.0 Å². The Morgan fingerprint density at radius 3 is 2.85 bits per heavy atom. The molecular formula is C13H15FN2O4. The Labute approximate surface area is 115 Å². The van der Waals surface area contributed by atoms with Crippen LogP contribution in [0.2, 0.25) is 0 Å². The predicted molar refractivity (Wildman–Crippen MR) is 70.3 cm³/mol. The normalized spacial score (nSPS) is 18.9. The van der Waals surface area contributed by atoms with Gasteiger partial charge in [-0.25, -0.2) is 4.39 Å². The molecule has 1 N–H and O–H groups in total. The first-order valence-corrected chi connectivity index (χ1v) is 6.41. The smallest absolute Gasteiger partial charge is 0.305 e. The lowest BCUT2D eigenvalue weighted by atomic mass is 9.98. The van der Waals surface area contributed by atoms with E-state index >= 15 is 0 Å². The van der Waals surface area contributed by atoms with E-state index in [1.807, 2.05) is 0 Å². The molecule has 0 spiro atoms. The van der Waals surface area contributed by atoms with Crippen molar-refractivity contribution in [3.8, 4) is 0 Å². The van der Waals surface area contributed by atoms with Crippen LogP contribution in [0.1, 0.15) is 25.7 Å². The molecule has 2 rings (SSSR count). The average molecular weight is 282 g/mol. The van der Waals surface area contributed by atoms with Gasteiger partial charge in [0.1, 0.15) is 5.82 Å². The third-order valence-electron chi connectivity index (χ3n) is 3.45. The summed E-state index contributed by atoms with van der Waals surface area (Å²) in [6, 6.07) is 3.12. The van der Waals surface area contributed by atoms with Crippen molar-refractivity contribution in [2.45, 2.75) is 31.7 Å². The first kappa shape index (κ1) is 14.2. The molecule has 6 nitrogen and oxygen atoms in total. The number of hydrogen-bond donors (Lipinski definition) is 1. The standard InChI is InChI=1S/C13H15FN2O4/c14-9-5-11(7-12(6-9)16(19)20)15-4-2-1-3-10(15)8-13(17)18/h5-7,10H,1-4,8H2,(H,17,18). The van der Waals surface area contributed by atoms with Crippen LogP contribution < -0.4 is 4.90 Å². The van der Waals surface area contributed by atoms with Crippen molar-refractivity contribution in [1.29, 1.82) is 0 Å². The maximum absolute atomic E-state index is 13.5. The molecule has 20 heavy (non-hydrogen) atoms. The lowest BCUT2D eigenvalue weighted by Crippen LogP contribution is -2.41. The molecule has 1 aromatic rings. The van der Waals surface area contributed by atoms with Gasteiger partial charge in [0, 0.05) is 24.3 Å². The summed E-state index contributed by atoms with van der Waals surface area (Å²) in [6.45, 7) is 0.582. The third-order valence-corrected chi connectivity index (χ3v) is 3.45. The van der Waals surface area contributed by atoms with Gasteiger partial charge in [-0.3, -0.25) is 14.9 Å². The summed E-state index contributed by atoms with van der Waals surface area (Å²) < 4.78 is 13.5. The van der Waals surface area contributed by atoms with Crippen LogP contribution in [0.25, 0.3) is 0 Å². The predicted octanol–water partition coefficient (Wildman–Crippen LogP) is 2.57. The average Bonchev–Trinajstić information content (AvgIpc) is 2.37. The summed E-state index contributed by atoms with van der Waals surface area (Å²) in [6.07, 6.45) is 2.41. The fourth-order valence-electron chi connectivity index (χ4n) is 2.58. The SMILES string of the molecule is O=C(O)CC1CCCCN1c1cc(F)cc([N+](=O)[O-])c1. The van der Waals surface area contributed by atoms with E-state index in [-0.39, 0.29) is 18.2 Å². The van der Waals surface area contributed by atoms with Crippen LogP contribution in [0.5, 0.6) is 0 Å². The number of nitro groups is 1. The number of non-ortho nitro benzene ring substituents is 1. The number of carbonyl (C=O) groups is 1. The van der Waals surface area contributed by atoms with E-state index in [9.17, 15) is 19.3 Å². The summed E-state index contributed by atoms with van der Waals surface area (Å²) in [5.41, 5.74) is 0.0577. The van der Waals surface area contributed by atoms with Crippen molar-refractivity contribution in [3.63, 3.8) is 0 Å². The highest BCUT2D eigenvalue weighted by molar-refractivity contribution is 5.69. The van der Waals surface area contributed by atoms with E-state index in [0.717, 1.165) is 18.9 Å². The monoisotopic (exact) mass is 282 g/mol. The number of hydrogen-bond acceptors (Lipinski definition) is 4. The Morgan fingerprint density at radius 2 is 2.20 bits per heavy atom. The highest BCUT2D eigenvalue weighted by Gasteiger charge is 2.26. The number of carboxylic acids is 1. The first-order valence-electron chi connectivity index (χ1n) is 6.41. The molecule has 1 aliphatic rings. The van der Waals surface area contributed by atoms with Gasteiger partial charge in [-0.15, -0.1) is 0 Å². The van der Waals surface area contributed by atoms with Crippen molar-refractivity contribution in [2.75, 3.05) is 11.4 Å². The van der Waals surface area contributed by atoms with E-state index in [4.69, 9.17) is 5.11 Å². The second-order valence-corrected chi connectivity index (χ2v) is 4.87. The zero-order chi connectivity index (χ0) is 14.7. The topological polar surface area (TPSA) is 83.7 Å². The Kier molecular flexibility index (Phi) is 4.16. The molecule has 1 saturated heterocycles. The van der Waals surface area contributed by atoms with Crippen LogP contribution >= 0.6 is 0 Å². The molecule has 1 atom stereocenters. The second-order valence-electron chi connectivity index (χ2n) is 4.87. The zero-order valence-electron chi connectivity index (χ0n) is 10.8. The lowest BCUT2D eigenvalue weighted by Gasteiger charge is -2.36. The number of halogens is 1. The Hall–Kier alpha value is -2.18. The summed E-state index contributed by atoms with van der Waals surface area (Å²) in [4.78, 5) is 22.8. The quantitative estimate of drug-likeness (QED) is 0.677. The number of carboxylic acid groups (broad SMARTS) is 1. The number of nitrogens with zero attached hydrogens (tertiary/aromatic N) is 2. The largest absolute Gasteiger partial charge is 0.481 e. The maximum Gasteiger partial charge on any atom is 0.305 e. The highest BCUT2D eigenvalue weighted by Crippen LogP contribution is 2.30. The Morgan fingerprint density at radius 1 is 1.45 bits per heavy atom. The van der Waals surface area contributed by atoms with Crippen molar-refractivity contribution in [1.82, 2.24) is 0 Å². The van der Waals surface area contributed by atoms with Crippen LogP contribution in [0.4, 0.5) is 15.8 Å². The van der Waals surface area contributed by atoms with Gasteiger partial charge in [-0.2, -0.15) is 0 Å². The molecule has 0 bridgehead atoms. The third kappa shape index (κ3) is 3.23. The molecule has 0 aromatic heterocycles. The summed E-state index contributed by atoms with van der Waals surface area (Å²) in [5.74, 6) is -1.61. The van der Waals surface area contributed by atoms with Crippen LogP contribution in [-0.2, 0) is 4.79 Å². The number of aliphatic carboxylic acids is 1. The highest BCUT2D eigenvalue weighted by atomic mass is 19.1. The summed E-state index contributed by atoms with van der Waals surface area (Å²) in [5, 5.41) is 19.7. The number of piperidine rings is 1. The number of benzene rings is 1. The molecule has 7 heteroatoms. The van der Waals surface area contributed by atoms with Gasteiger partial charge in [0.25, 0.3) is 5.69 Å². The molecule has 0 amide bonds. The number of nitro benzene ring substituents is 1. The fourth-order valence-corrected chi connectivity index (χ4v) is 2.58. The van der Waals surface area contributed by atoms with Gasteiger partial charge in [0.05, 0.1) is 17.4 Å². The fraction of sp³-hybridized carbons (Fsp3) is 0.462. The molecule has 1 aliphatic heterocycles. The van der Waals surface area contributed by atoms with Crippen molar-refractivity contribution < 1.29 is 19.2 Å². The van der Waals surface area contributed by atoms with Crippen LogP contribution in [0.3, 0.4) is 0 Å². The molecule has 0 radical (unpaired) electrons. The molecule has 1 unspecified atom stereocenters. The second kappa shape index (κ2) is 5.85. The van der Waals surface area contributed by atoms with Crippen LogP contribution in [0.15, 0.2) is 18.2 Å². The van der Waals surface area contributed by atoms with Gasteiger partial charge in [0.15, 0.2) is 0 Å². The van der Waals surface area contributed by atoms with Gasteiger partial charge in [-0.05, 0) is 25.3 Å². The first-order chi connectivity index (χ1) is 9.47. The minimum absolute atomic E-state index is 0.0513. The minimum Gasteiger partial charge on any atom is -0.481 e. The summed E-state index contributed by atoms with van der Waals surface area (Å²) in [7, 11) is 0. The molecular weight excluding hydrogens is 267 g/mol. The molecule has 0 aliphatic carbocycles. The molecule has 1 aromatic carbocycles. The van der Waals surface area contributed by atoms with E-state index in [1.165, 1.54) is 12.1 Å². The van der Waals surface area contributed by atoms with Crippen molar-refractivity contribution >= 4 is 17.3 Å². The van der Waals surface area contributed by atoms with Gasteiger partial charge in [0.2, 0.25) is 0 Å². The van der Waals surface area contributed by atoms with Crippen molar-refractivity contribution in [2.24, 2.45) is 0 Å². The van der Waals surface area contributed by atoms with Crippen LogP contribution in [0, 0.1) is 15.9 Å². The minimum atomic E-state index is -0.923. The lowest BCUT2D eigenvalue weighted by molar-refractivity contribution is -0.385. The zero-order valence-corrected chi connectivity index (χ0v) is 10.8. The molecule has 1 heterocycles. The Bertz CT molecular complexity index is 535. The number of rotatable bonds is 4. The molecule has 1 fully saturated rings. The van der Waals surface area contributed by atoms with E-state index in [2.05, 4.69) is 0 Å². The van der Waals surface area contributed by atoms with Crippen molar-refractivity contribution in [3.05, 3.63) is 34.1 Å². The van der Waals surface area contributed by atoms with E-state index in [1.54, 1.807) is 4.90 Å². The van der Waals surface area contributed by atoms with Gasteiger partial charge >= 0.3 is 5.97 Å².